The van der Waals surface area contributed by atoms with E-state index in [1.165, 1.54) is 22.3 Å². The van der Waals surface area contributed by atoms with Gasteiger partial charge in [-0.2, -0.15) is 5.10 Å². The quantitative estimate of drug-likeness (QED) is 0.205. The van der Waals surface area contributed by atoms with E-state index in [1.807, 2.05) is 18.3 Å². The maximum absolute atomic E-state index is 4.69. The highest BCUT2D eigenvalue weighted by Gasteiger charge is 2.15. The van der Waals surface area contributed by atoms with Crippen LogP contribution in [-0.2, 0) is 13.1 Å². The molecule has 0 saturated carbocycles. The first-order valence-electron chi connectivity index (χ1n) is 12.7. The smallest absolute Gasteiger partial charge is 0.116 e. The SMILES string of the molecule is c1ccc(CNCc2cccc(-c3ccc4[nH]nc(-c5cc6c(-c7cccs7)nccc6[nH]5)c4c3)c2)cc1. The third kappa shape index (κ3) is 4.30. The first-order valence-corrected chi connectivity index (χ1v) is 13.5. The maximum Gasteiger partial charge on any atom is 0.116 e. The summed E-state index contributed by atoms with van der Waals surface area (Å²) in [5.74, 6) is 0. The second kappa shape index (κ2) is 9.74. The van der Waals surface area contributed by atoms with Gasteiger partial charge in [0.05, 0.1) is 21.8 Å². The van der Waals surface area contributed by atoms with E-state index in [9.17, 15) is 0 Å². The number of aromatic amines is 2. The summed E-state index contributed by atoms with van der Waals surface area (Å²) in [5.41, 5.74) is 9.87. The Morgan fingerprint density at radius 2 is 1.53 bits per heavy atom. The Hall–Kier alpha value is -4.52. The summed E-state index contributed by atoms with van der Waals surface area (Å²) in [6.45, 7) is 1.67. The van der Waals surface area contributed by atoms with Crippen molar-refractivity contribution in [3.63, 3.8) is 0 Å². The van der Waals surface area contributed by atoms with Gasteiger partial charge >= 0.3 is 0 Å². The van der Waals surface area contributed by atoms with Gasteiger partial charge in [0.2, 0.25) is 0 Å². The van der Waals surface area contributed by atoms with Crippen LogP contribution in [0.3, 0.4) is 0 Å². The monoisotopic (exact) mass is 511 g/mol. The van der Waals surface area contributed by atoms with Gasteiger partial charge in [0, 0.05) is 35.6 Å². The number of benzene rings is 3. The largest absolute Gasteiger partial charge is 0.353 e. The zero-order valence-electron chi connectivity index (χ0n) is 20.6. The molecule has 0 spiro atoms. The average molecular weight is 512 g/mol. The van der Waals surface area contributed by atoms with Crippen LogP contribution in [0.1, 0.15) is 11.1 Å². The molecule has 0 amide bonds. The second-order valence-electron chi connectivity index (χ2n) is 9.40. The molecule has 0 radical (unpaired) electrons. The molecule has 7 rings (SSSR count). The Balaban J connectivity index is 1.20. The summed E-state index contributed by atoms with van der Waals surface area (Å²) in [6, 6.07) is 34.1. The molecule has 0 aliphatic heterocycles. The Labute approximate surface area is 224 Å². The van der Waals surface area contributed by atoms with E-state index >= 15 is 0 Å². The van der Waals surface area contributed by atoms with E-state index < -0.39 is 0 Å². The third-order valence-electron chi connectivity index (χ3n) is 6.88. The van der Waals surface area contributed by atoms with E-state index in [0.29, 0.717) is 0 Å². The summed E-state index contributed by atoms with van der Waals surface area (Å²) < 4.78 is 0. The van der Waals surface area contributed by atoms with E-state index in [4.69, 9.17) is 5.10 Å². The zero-order chi connectivity index (χ0) is 25.3. The minimum atomic E-state index is 0.817. The molecule has 3 N–H and O–H groups in total. The first kappa shape index (κ1) is 22.7. The van der Waals surface area contributed by atoms with Crippen LogP contribution in [-0.4, -0.2) is 20.2 Å². The molecule has 0 aliphatic carbocycles. The van der Waals surface area contributed by atoms with E-state index in [-0.39, 0.29) is 0 Å². The minimum absolute atomic E-state index is 0.817. The van der Waals surface area contributed by atoms with Crippen LogP contribution in [0.15, 0.2) is 109 Å². The van der Waals surface area contributed by atoms with Crippen LogP contribution in [0.5, 0.6) is 0 Å². The average Bonchev–Trinajstić information content (AvgIpc) is 3.73. The van der Waals surface area contributed by atoms with Crippen LogP contribution < -0.4 is 5.32 Å². The predicted octanol–water partition coefficient (Wildman–Crippen LogP) is 7.79. The molecule has 6 heteroatoms. The van der Waals surface area contributed by atoms with Crippen molar-refractivity contribution in [1.29, 1.82) is 0 Å². The Morgan fingerprint density at radius 3 is 2.42 bits per heavy atom. The van der Waals surface area contributed by atoms with Gasteiger partial charge in [0.15, 0.2) is 0 Å². The van der Waals surface area contributed by atoms with Crippen molar-refractivity contribution < 1.29 is 0 Å². The number of pyridine rings is 1. The van der Waals surface area contributed by atoms with E-state index in [1.54, 1.807) is 11.3 Å². The molecule has 4 heterocycles. The lowest BCUT2D eigenvalue weighted by atomic mass is 10.0. The van der Waals surface area contributed by atoms with Crippen molar-refractivity contribution in [1.82, 2.24) is 25.5 Å². The Kier molecular flexibility index (Phi) is 5.81. The highest BCUT2D eigenvalue weighted by molar-refractivity contribution is 7.13. The van der Waals surface area contributed by atoms with Crippen molar-refractivity contribution in [3.8, 4) is 33.1 Å². The number of nitrogens with zero attached hydrogens (tertiary/aromatic N) is 2. The molecular weight excluding hydrogens is 486 g/mol. The number of fused-ring (bicyclic) bond motifs is 2. The van der Waals surface area contributed by atoms with Crippen LogP contribution in [0.2, 0.25) is 0 Å². The van der Waals surface area contributed by atoms with E-state index in [2.05, 4.69) is 111 Å². The van der Waals surface area contributed by atoms with Crippen molar-refractivity contribution in [2.24, 2.45) is 0 Å². The molecule has 0 saturated heterocycles. The number of rotatable bonds is 7. The molecule has 4 aromatic heterocycles. The fourth-order valence-electron chi connectivity index (χ4n) is 5.00. The summed E-state index contributed by atoms with van der Waals surface area (Å²) in [6.07, 6.45) is 1.86. The van der Waals surface area contributed by atoms with Crippen LogP contribution in [0.25, 0.3) is 54.9 Å². The zero-order valence-corrected chi connectivity index (χ0v) is 21.4. The highest BCUT2D eigenvalue weighted by atomic mass is 32.1. The lowest BCUT2D eigenvalue weighted by molar-refractivity contribution is 0.693. The highest BCUT2D eigenvalue weighted by Crippen LogP contribution is 2.35. The molecule has 3 aromatic carbocycles. The van der Waals surface area contributed by atoms with Gasteiger partial charge in [-0.3, -0.25) is 10.1 Å². The van der Waals surface area contributed by atoms with Crippen molar-refractivity contribution in [2.75, 3.05) is 0 Å². The molecule has 0 fully saturated rings. The maximum atomic E-state index is 4.69. The predicted molar refractivity (Wildman–Crippen MR) is 157 cm³/mol. The van der Waals surface area contributed by atoms with Gasteiger partial charge in [-0.15, -0.1) is 11.3 Å². The molecule has 184 valence electrons. The fraction of sp³-hybridized carbons (Fsp3) is 0.0625. The van der Waals surface area contributed by atoms with Crippen molar-refractivity contribution >= 4 is 33.1 Å². The Bertz CT molecular complexity index is 1850. The van der Waals surface area contributed by atoms with Crippen LogP contribution in [0, 0.1) is 0 Å². The molecule has 0 bridgehead atoms. The lowest BCUT2D eigenvalue weighted by Crippen LogP contribution is -2.12. The van der Waals surface area contributed by atoms with Gasteiger partial charge in [-0.25, -0.2) is 0 Å². The fourth-order valence-corrected chi connectivity index (χ4v) is 5.73. The van der Waals surface area contributed by atoms with E-state index in [0.717, 1.165) is 56.9 Å². The standard InChI is InChI=1S/C32H25N5S/c1-2-6-21(7-3-1)19-33-20-22-8-4-9-23(16-22)24-11-12-28-25(17-24)31(37-36-28)29-18-26-27(35-29)13-14-34-32(26)30-10-5-15-38-30/h1-18,33,35H,19-20H2,(H,36,37). The number of hydrogen-bond donors (Lipinski definition) is 3. The number of thiophene rings is 1. The minimum Gasteiger partial charge on any atom is -0.353 e. The molecule has 38 heavy (non-hydrogen) atoms. The molecule has 0 aliphatic rings. The lowest BCUT2D eigenvalue weighted by Gasteiger charge is -2.08. The van der Waals surface area contributed by atoms with Gasteiger partial charge in [-0.05, 0) is 64.0 Å². The van der Waals surface area contributed by atoms with Gasteiger partial charge < -0.3 is 10.3 Å². The van der Waals surface area contributed by atoms with Crippen LogP contribution >= 0.6 is 11.3 Å². The summed E-state index contributed by atoms with van der Waals surface area (Å²) in [4.78, 5) is 9.40. The number of H-pyrrole nitrogens is 2. The van der Waals surface area contributed by atoms with Gasteiger partial charge in [0.1, 0.15) is 5.69 Å². The summed E-state index contributed by atoms with van der Waals surface area (Å²) in [7, 11) is 0. The summed E-state index contributed by atoms with van der Waals surface area (Å²) in [5, 5.41) is 15.7. The number of hydrogen-bond acceptors (Lipinski definition) is 4. The molecule has 0 atom stereocenters. The molecule has 7 aromatic rings. The van der Waals surface area contributed by atoms with Gasteiger partial charge in [-0.1, -0.05) is 60.7 Å². The van der Waals surface area contributed by atoms with Crippen LogP contribution in [0.4, 0.5) is 0 Å². The Morgan fingerprint density at radius 1 is 0.684 bits per heavy atom. The first-order chi connectivity index (χ1) is 18.8. The topological polar surface area (TPSA) is 69.4 Å². The van der Waals surface area contributed by atoms with Crippen molar-refractivity contribution in [2.45, 2.75) is 13.1 Å². The molecule has 0 unspecified atom stereocenters. The second-order valence-corrected chi connectivity index (χ2v) is 10.4. The number of nitrogens with one attached hydrogen (secondary N) is 3. The normalized spacial score (nSPS) is 11.5. The molecular formula is C32H25N5S. The summed E-state index contributed by atoms with van der Waals surface area (Å²) >= 11 is 1.70. The third-order valence-corrected chi connectivity index (χ3v) is 7.76. The van der Waals surface area contributed by atoms with Crippen molar-refractivity contribution in [3.05, 3.63) is 120 Å². The van der Waals surface area contributed by atoms with Gasteiger partial charge in [0.25, 0.3) is 0 Å². The number of aromatic nitrogens is 4. The molecule has 5 nitrogen and oxygen atoms in total.